The highest BCUT2D eigenvalue weighted by molar-refractivity contribution is 7.99. The Labute approximate surface area is 193 Å². The third kappa shape index (κ3) is 5.59. The molecule has 1 aliphatic heterocycles. The van der Waals surface area contributed by atoms with Crippen LogP contribution in [0.3, 0.4) is 0 Å². The van der Waals surface area contributed by atoms with Gasteiger partial charge in [0.1, 0.15) is 6.61 Å². The molecular formula is C24H21F3N2O3S. The average Bonchev–Trinajstić information content (AvgIpc) is 2.80. The molecule has 172 valence electrons. The van der Waals surface area contributed by atoms with Crippen molar-refractivity contribution < 1.29 is 27.8 Å². The lowest BCUT2D eigenvalue weighted by Gasteiger charge is -2.31. The molecule has 33 heavy (non-hydrogen) atoms. The third-order valence-corrected chi connectivity index (χ3v) is 6.05. The van der Waals surface area contributed by atoms with Crippen LogP contribution in [0.15, 0.2) is 82.0 Å². The van der Waals surface area contributed by atoms with E-state index in [1.807, 2.05) is 36.4 Å². The van der Waals surface area contributed by atoms with Crippen LogP contribution in [0, 0.1) is 11.3 Å². The van der Waals surface area contributed by atoms with E-state index in [1.54, 1.807) is 6.92 Å². The van der Waals surface area contributed by atoms with Crippen molar-refractivity contribution in [1.29, 1.82) is 5.26 Å². The zero-order valence-electron chi connectivity index (χ0n) is 17.6. The van der Waals surface area contributed by atoms with Crippen molar-refractivity contribution in [3.8, 4) is 6.07 Å². The number of ether oxygens (including phenoxy) is 1. The van der Waals surface area contributed by atoms with E-state index in [1.165, 1.54) is 30.0 Å². The number of nitriles is 1. The van der Waals surface area contributed by atoms with Crippen LogP contribution in [-0.2, 0) is 15.7 Å². The topological polar surface area (TPSA) is 82.4 Å². The molecule has 0 aromatic heterocycles. The van der Waals surface area contributed by atoms with Crippen LogP contribution in [0.5, 0.6) is 0 Å². The Morgan fingerprint density at radius 1 is 1.18 bits per heavy atom. The molecule has 0 aliphatic carbocycles. The van der Waals surface area contributed by atoms with Crippen LogP contribution in [-0.4, -0.2) is 30.0 Å². The minimum absolute atomic E-state index is 0.00360. The molecule has 1 unspecified atom stereocenters. The molecule has 0 fully saturated rings. The zero-order valence-corrected chi connectivity index (χ0v) is 18.5. The van der Waals surface area contributed by atoms with Crippen molar-refractivity contribution in [2.24, 2.45) is 0 Å². The molecule has 0 bridgehead atoms. The summed E-state index contributed by atoms with van der Waals surface area (Å²) in [5.41, 5.74) is -0.505. The fourth-order valence-electron chi connectivity index (χ4n) is 3.61. The number of carbonyl (C=O) groups is 1. The highest BCUT2D eigenvalue weighted by Crippen LogP contribution is 2.44. The second-order valence-electron chi connectivity index (χ2n) is 7.15. The Balaban J connectivity index is 2.17. The number of rotatable bonds is 7. The number of aliphatic hydroxyl groups excluding tert-OH is 1. The van der Waals surface area contributed by atoms with Crippen LogP contribution in [0.25, 0.3) is 0 Å². The van der Waals surface area contributed by atoms with Gasteiger partial charge in [-0.1, -0.05) is 36.4 Å². The van der Waals surface area contributed by atoms with Crippen molar-refractivity contribution >= 4 is 17.7 Å². The van der Waals surface area contributed by atoms with Crippen LogP contribution >= 0.6 is 11.8 Å². The number of thioether (sulfide) groups is 1. The van der Waals surface area contributed by atoms with Crippen LogP contribution in [0.2, 0.25) is 0 Å². The summed E-state index contributed by atoms with van der Waals surface area (Å²) < 4.78 is 46.6. The number of hydrogen-bond acceptors (Lipinski definition) is 6. The van der Waals surface area contributed by atoms with Crippen molar-refractivity contribution in [2.75, 3.05) is 19.0 Å². The van der Waals surface area contributed by atoms with Gasteiger partial charge in [-0.25, -0.2) is 4.79 Å². The predicted octanol–water partition coefficient (Wildman–Crippen LogP) is 4.77. The van der Waals surface area contributed by atoms with Gasteiger partial charge in [0, 0.05) is 22.0 Å². The molecule has 2 aromatic rings. The Kier molecular flexibility index (Phi) is 7.84. The van der Waals surface area contributed by atoms with Gasteiger partial charge >= 0.3 is 12.1 Å². The number of alkyl halides is 3. The number of hydrogen-bond donors (Lipinski definition) is 2. The fourth-order valence-corrected chi connectivity index (χ4v) is 4.49. The number of carbonyl (C=O) groups excluding carboxylic acids is 1. The summed E-state index contributed by atoms with van der Waals surface area (Å²) in [5, 5.41) is 21.9. The Morgan fingerprint density at radius 2 is 1.85 bits per heavy atom. The van der Waals surface area contributed by atoms with Crippen molar-refractivity contribution in [3.63, 3.8) is 0 Å². The molecule has 1 atom stereocenters. The molecule has 1 aliphatic rings. The Bertz CT molecular complexity index is 1120. The largest absolute Gasteiger partial charge is 0.460 e. The van der Waals surface area contributed by atoms with Crippen molar-refractivity contribution in [3.05, 3.63) is 88.3 Å². The van der Waals surface area contributed by atoms with E-state index in [4.69, 9.17) is 9.84 Å². The summed E-state index contributed by atoms with van der Waals surface area (Å²) in [6, 6.07) is 16.2. The first kappa shape index (κ1) is 24.4. The third-order valence-electron chi connectivity index (χ3n) is 5.01. The number of allylic oxidation sites excluding steroid dienone is 2. The molecule has 0 radical (unpaired) electrons. The summed E-state index contributed by atoms with van der Waals surface area (Å²) in [5.74, 6) is -1.93. The lowest BCUT2D eigenvalue weighted by molar-refractivity contribution is -0.141. The molecule has 2 N–H and O–H groups in total. The molecule has 9 heteroatoms. The minimum Gasteiger partial charge on any atom is -0.460 e. The normalized spacial score (nSPS) is 16.3. The average molecular weight is 475 g/mol. The van der Waals surface area contributed by atoms with E-state index in [9.17, 15) is 23.2 Å². The SMILES string of the molecule is CC1=C(C#N)C(c2ccccc2C(F)(F)F)C(C(=O)OCCO)=C(CSc2ccccc2)N1. The molecular weight excluding hydrogens is 453 g/mol. The summed E-state index contributed by atoms with van der Waals surface area (Å²) in [4.78, 5) is 13.9. The molecule has 0 saturated carbocycles. The Hall–Kier alpha value is -3.22. The highest BCUT2D eigenvalue weighted by Gasteiger charge is 2.41. The lowest BCUT2D eigenvalue weighted by atomic mass is 9.79. The van der Waals surface area contributed by atoms with E-state index >= 15 is 0 Å². The second-order valence-corrected chi connectivity index (χ2v) is 8.20. The lowest BCUT2D eigenvalue weighted by Crippen LogP contribution is -2.32. The summed E-state index contributed by atoms with van der Waals surface area (Å²) in [6.45, 7) is 0.828. The number of nitrogens with zero attached hydrogens (tertiary/aromatic N) is 1. The second kappa shape index (κ2) is 10.6. The molecule has 0 spiro atoms. The quantitative estimate of drug-likeness (QED) is 0.444. The molecule has 0 saturated heterocycles. The molecule has 1 heterocycles. The summed E-state index contributed by atoms with van der Waals surface area (Å²) >= 11 is 1.38. The standard InChI is InChI=1S/C24H21F3N2O3S/c1-15-18(13-28)21(17-9-5-6-10-19(17)24(25,26)27)22(23(31)32-12-11-30)20(29-15)14-33-16-7-3-2-4-8-16/h2-10,21,29-30H,11-12,14H2,1H3. The molecule has 2 aromatic carbocycles. The van der Waals surface area contributed by atoms with Gasteiger partial charge in [0.05, 0.1) is 35.3 Å². The highest BCUT2D eigenvalue weighted by atomic mass is 32.2. The number of aliphatic hydroxyl groups is 1. The van der Waals surface area contributed by atoms with E-state index in [-0.39, 0.29) is 29.1 Å². The number of benzene rings is 2. The maximum absolute atomic E-state index is 13.8. The first-order chi connectivity index (χ1) is 15.8. The van der Waals surface area contributed by atoms with Gasteiger partial charge in [0.15, 0.2) is 0 Å². The maximum atomic E-state index is 13.8. The van der Waals surface area contributed by atoms with Crippen molar-refractivity contribution in [1.82, 2.24) is 5.32 Å². The van der Waals surface area contributed by atoms with Gasteiger partial charge < -0.3 is 15.2 Å². The van der Waals surface area contributed by atoms with Gasteiger partial charge in [-0.05, 0) is 30.7 Å². The number of esters is 1. The van der Waals surface area contributed by atoms with Crippen LogP contribution < -0.4 is 5.32 Å². The minimum atomic E-state index is -4.69. The van der Waals surface area contributed by atoms with Gasteiger partial charge in [0.2, 0.25) is 0 Å². The number of nitrogens with one attached hydrogen (secondary N) is 1. The van der Waals surface area contributed by atoms with E-state index in [0.717, 1.165) is 11.0 Å². The summed E-state index contributed by atoms with van der Waals surface area (Å²) in [7, 11) is 0. The number of halogens is 3. The van der Waals surface area contributed by atoms with Crippen LogP contribution in [0.4, 0.5) is 13.2 Å². The van der Waals surface area contributed by atoms with Crippen molar-refractivity contribution in [2.45, 2.75) is 23.9 Å². The molecule has 3 rings (SSSR count). The van der Waals surface area contributed by atoms with Gasteiger partial charge in [-0.15, -0.1) is 11.8 Å². The number of dihydropyridines is 1. The van der Waals surface area contributed by atoms with Gasteiger partial charge in [0.25, 0.3) is 0 Å². The van der Waals surface area contributed by atoms with E-state index in [0.29, 0.717) is 11.4 Å². The van der Waals surface area contributed by atoms with E-state index in [2.05, 4.69) is 5.32 Å². The fraction of sp³-hybridized carbons (Fsp3) is 0.250. The summed E-state index contributed by atoms with van der Waals surface area (Å²) in [6.07, 6.45) is -4.69. The zero-order chi connectivity index (χ0) is 24.0. The first-order valence-corrected chi connectivity index (χ1v) is 11.0. The molecule has 0 amide bonds. The van der Waals surface area contributed by atoms with Gasteiger partial charge in [-0.3, -0.25) is 0 Å². The Morgan fingerprint density at radius 3 is 2.48 bits per heavy atom. The van der Waals surface area contributed by atoms with Crippen LogP contribution in [0.1, 0.15) is 24.0 Å². The van der Waals surface area contributed by atoms with Gasteiger partial charge in [-0.2, -0.15) is 18.4 Å². The molecule has 5 nitrogen and oxygen atoms in total. The smallest absolute Gasteiger partial charge is 0.416 e. The monoisotopic (exact) mass is 474 g/mol. The maximum Gasteiger partial charge on any atom is 0.416 e. The first-order valence-electron chi connectivity index (χ1n) is 10.0. The predicted molar refractivity (Wildman–Crippen MR) is 118 cm³/mol. The van der Waals surface area contributed by atoms with E-state index < -0.39 is 30.2 Å².